The number of hydrogen-bond donors (Lipinski definition) is 3. The molecule has 1 aromatic carbocycles. The molecule has 2 aliphatic rings. The van der Waals surface area contributed by atoms with E-state index in [1.165, 1.54) is 11.3 Å². The first-order valence-corrected chi connectivity index (χ1v) is 11.3. The fourth-order valence-corrected chi connectivity index (χ4v) is 6.50. The number of carbonyl (C=O) groups excluding carboxylic acids is 2. The number of carboxylic acids is 1. The molecule has 0 spiro atoms. The van der Waals surface area contributed by atoms with Crippen LogP contribution in [0.25, 0.3) is 0 Å². The molecule has 0 unspecified atom stereocenters. The Labute approximate surface area is 185 Å². The van der Waals surface area contributed by atoms with Crippen molar-refractivity contribution in [2.75, 3.05) is 5.32 Å². The van der Waals surface area contributed by atoms with Crippen LogP contribution < -0.4 is 11.1 Å². The molecule has 0 radical (unpaired) electrons. The number of benzene rings is 1. The van der Waals surface area contributed by atoms with Gasteiger partial charge >= 0.3 is 5.97 Å². The van der Waals surface area contributed by atoms with E-state index in [-0.39, 0.29) is 23.3 Å². The number of fused-ring (bicyclic) bond motifs is 2. The summed E-state index contributed by atoms with van der Waals surface area (Å²) < 4.78 is 0. The lowest BCUT2D eigenvalue weighted by Crippen LogP contribution is -2.38. The molecule has 2 bridgehead atoms. The van der Waals surface area contributed by atoms with E-state index in [2.05, 4.69) is 5.32 Å². The van der Waals surface area contributed by atoms with Gasteiger partial charge in [-0.25, -0.2) is 0 Å². The van der Waals surface area contributed by atoms with E-state index in [0.29, 0.717) is 11.4 Å². The minimum atomic E-state index is -0.933. The molecule has 2 fully saturated rings. The molecule has 4 rings (SSSR count). The molecule has 0 saturated heterocycles. The summed E-state index contributed by atoms with van der Waals surface area (Å²) >= 11 is 1.31. The number of anilines is 1. The number of rotatable bonds is 6. The Bertz CT molecular complexity index is 1070. The fraction of sp³-hybridized carbons (Fsp3) is 0.375. The first-order chi connectivity index (χ1) is 14.8. The van der Waals surface area contributed by atoms with Crippen LogP contribution in [0.4, 0.5) is 5.00 Å². The number of primary amides is 1. The lowest BCUT2D eigenvalue weighted by molar-refractivity contribution is -0.148. The minimum Gasteiger partial charge on any atom is -0.481 e. The standard InChI is InChI=1S/C24H26N2O4S/c1-12(2)18-15-8-9-16(18)20(24(29)30)19(15)22(28)26-23-17(21(25)27)11-14(31-23)10-13-6-4-3-5-7-13/h3-7,11,15-16,19-20H,8-10H2,1-2H3,(H2,25,27)(H,26,28)(H,29,30)/t15-,16+,19-,20+/m1/s1. The van der Waals surface area contributed by atoms with Crippen molar-refractivity contribution in [2.24, 2.45) is 29.4 Å². The second-order valence-electron chi connectivity index (χ2n) is 8.61. The molecular weight excluding hydrogens is 412 g/mol. The fourth-order valence-electron chi connectivity index (χ4n) is 5.40. The van der Waals surface area contributed by atoms with E-state index in [9.17, 15) is 19.5 Å². The highest BCUT2D eigenvalue weighted by molar-refractivity contribution is 7.16. The number of thiophene rings is 1. The quantitative estimate of drug-likeness (QED) is 0.591. The van der Waals surface area contributed by atoms with Crippen molar-refractivity contribution in [3.63, 3.8) is 0 Å². The molecule has 1 heterocycles. The Morgan fingerprint density at radius 2 is 1.74 bits per heavy atom. The minimum absolute atomic E-state index is 0.0584. The average Bonchev–Trinajstić information content (AvgIpc) is 3.40. The summed E-state index contributed by atoms with van der Waals surface area (Å²) in [6.45, 7) is 3.97. The lowest BCUT2D eigenvalue weighted by atomic mass is 9.79. The molecule has 31 heavy (non-hydrogen) atoms. The monoisotopic (exact) mass is 438 g/mol. The van der Waals surface area contributed by atoms with Crippen LogP contribution in [-0.4, -0.2) is 22.9 Å². The molecule has 0 aliphatic heterocycles. The van der Waals surface area contributed by atoms with Crippen LogP contribution in [0.3, 0.4) is 0 Å². The maximum Gasteiger partial charge on any atom is 0.307 e. The Hall–Kier alpha value is -2.93. The van der Waals surface area contributed by atoms with Gasteiger partial charge in [-0.2, -0.15) is 0 Å². The molecule has 162 valence electrons. The third-order valence-corrected chi connectivity index (χ3v) is 7.56. The zero-order valence-electron chi connectivity index (χ0n) is 17.6. The van der Waals surface area contributed by atoms with Crippen molar-refractivity contribution in [1.82, 2.24) is 0 Å². The van der Waals surface area contributed by atoms with Crippen LogP contribution in [-0.2, 0) is 16.0 Å². The Morgan fingerprint density at radius 3 is 2.32 bits per heavy atom. The van der Waals surface area contributed by atoms with Crippen LogP contribution in [0.2, 0.25) is 0 Å². The molecule has 6 nitrogen and oxygen atoms in total. The summed E-state index contributed by atoms with van der Waals surface area (Å²) in [7, 11) is 0. The van der Waals surface area contributed by atoms with E-state index in [1.807, 2.05) is 44.2 Å². The molecular formula is C24H26N2O4S. The number of allylic oxidation sites excluding steroid dienone is 2. The van der Waals surface area contributed by atoms with Gasteiger partial charge in [-0.1, -0.05) is 41.5 Å². The third-order valence-electron chi connectivity index (χ3n) is 6.51. The van der Waals surface area contributed by atoms with E-state index in [4.69, 9.17) is 5.73 Å². The Balaban J connectivity index is 1.61. The molecule has 2 aliphatic carbocycles. The third kappa shape index (κ3) is 3.90. The van der Waals surface area contributed by atoms with Crippen LogP contribution in [0.1, 0.15) is 47.5 Å². The SMILES string of the molecule is CC(C)=C1[C@H]2CC[C@@H]1[C@H](C(=O)O)[C@@H]2C(=O)Nc1sc(Cc2ccccc2)cc1C(N)=O. The Morgan fingerprint density at radius 1 is 1.10 bits per heavy atom. The van der Waals surface area contributed by atoms with Crippen molar-refractivity contribution < 1.29 is 19.5 Å². The number of carboxylic acid groups (broad SMARTS) is 1. The Kier molecular flexibility index (Phi) is 5.71. The average molecular weight is 439 g/mol. The molecule has 7 heteroatoms. The first-order valence-electron chi connectivity index (χ1n) is 10.4. The second kappa shape index (κ2) is 8.30. The van der Waals surface area contributed by atoms with Crippen LogP contribution in [0.5, 0.6) is 0 Å². The number of aliphatic carboxylic acids is 1. The van der Waals surface area contributed by atoms with Crippen LogP contribution in [0.15, 0.2) is 47.5 Å². The summed E-state index contributed by atoms with van der Waals surface area (Å²) in [6, 6.07) is 11.5. The maximum absolute atomic E-state index is 13.3. The maximum atomic E-state index is 13.3. The van der Waals surface area contributed by atoms with Gasteiger partial charge in [0.15, 0.2) is 0 Å². The summed E-state index contributed by atoms with van der Waals surface area (Å²) in [5.74, 6) is -3.40. The van der Waals surface area contributed by atoms with Crippen molar-refractivity contribution in [2.45, 2.75) is 33.1 Å². The molecule has 2 saturated carbocycles. The zero-order valence-corrected chi connectivity index (χ0v) is 18.4. The number of hydrogen-bond acceptors (Lipinski definition) is 4. The van der Waals surface area contributed by atoms with Crippen molar-refractivity contribution >= 4 is 34.1 Å². The number of carbonyl (C=O) groups is 3. The van der Waals surface area contributed by atoms with E-state index >= 15 is 0 Å². The highest BCUT2D eigenvalue weighted by Gasteiger charge is 2.57. The summed E-state index contributed by atoms with van der Waals surface area (Å²) in [6.07, 6.45) is 2.24. The van der Waals surface area contributed by atoms with E-state index in [1.54, 1.807) is 6.07 Å². The predicted octanol–water partition coefficient (Wildman–Crippen LogP) is 4.07. The van der Waals surface area contributed by atoms with Gasteiger partial charge in [-0.05, 0) is 50.2 Å². The topological polar surface area (TPSA) is 109 Å². The number of nitrogens with one attached hydrogen (secondary N) is 1. The molecule has 2 aromatic rings. The van der Waals surface area contributed by atoms with Gasteiger partial charge in [-0.3, -0.25) is 14.4 Å². The van der Waals surface area contributed by atoms with Gasteiger partial charge in [0, 0.05) is 11.3 Å². The lowest BCUT2D eigenvalue weighted by Gasteiger charge is -2.26. The van der Waals surface area contributed by atoms with Crippen LogP contribution in [0, 0.1) is 23.7 Å². The summed E-state index contributed by atoms with van der Waals surface area (Å²) in [5, 5.41) is 13.1. The largest absolute Gasteiger partial charge is 0.481 e. The van der Waals surface area contributed by atoms with E-state index in [0.717, 1.165) is 34.4 Å². The van der Waals surface area contributed by atoms with E-state index < -0.39 is 23.7 Å². The molecule has 4 N–H and O–H groups in total. The van der Waals surface area contributed by atoms with Crippen molar-refractivity contribution in [3.8, 4) is 0 Å². The number of nitrogens with two attached hydrogens (primary N) is 1. The normalized spacial score (nSPS) is 24.3. The van der Waals surface area contributed by atoms with Gasteiger partial charge < -0.3 is 16.2 Å². The van der Waals surface area contributed by atoms with Crippen molar-refractivity contribution in [3.05, 3.63) is 63.5 Å². The molecule has 2 amide bonds. The molecule has 4 atom stereocenters. The first kappa shape index (κ1) is 21.3. The number of amides is 2. The summed E-state index contributed by atoms with van der Waals surface area (Å²) in [4.78, 5) is 38.2. The van der Waals surface area contributed by atoms with Crippen molar-refractivity contribution in [1.29, 1.82) is 0 Å². The van der Waals surface area contributed by atoms with Gasteiger partial charge in [-0.15, -0.1) is 11.3 Å². The van der Waals surface area contributed by atoms with Gasteiger partial charge in [0.1, 0.15) is 5.00 Å². The predicted molar refractivity (Wildman–Crippen MR) is 120 cm³/mol. The second-order valence-corrected chi connectivity index (χ2v) is 9.74. The van der Waals surface area contributed by atoms with Gasteiger partial charge in [0.2, 0.25) is 5.91 Å². The van der Waals surface area contributed by atoms with Gasteiger partial charge in [0.05, 0.1) is 17.4 Å². The van der Waals surface area contributed by atoms with Gasteiger partial charge in [0.25, 0.3) is 5.91 Å². The highest BCUT2D eigenvalue weighted by Crippen LogP contribution is 2.57. The van der Waals surface area contributed by atoms with Crippen LogP contribution >= 0.6 is 11.3 Å². The smallest absolute Gasteiger partial charge is 0.307 e. The molecule has 1 aromatic heterocycles. The zero-order chi connectivity index (χ0) is 22.3. The highest BCUT2D eigenvalue weighted by atomic mass is 32.1. The summed E-state index contributed by atoms with van der Waals surface area (Å²) in [5.41, 5.74) is 9.15.